The van der Waals surface area contributed by atoms with E-state index in [-0.39, 0.29) is 0 Å². The molecule has 2 unspecified atom stereocenters. The van der Waals surface area contributed by atoms with E-state index in [4.69, 9.17) is 11.6 Å². The van der Waals surface area contributed by atoms with Gasteiger partial charge in [0.25, 0.3) is 0 Å². The normalized spacial score (nSPS) is 24.3. The van der Waals surface area contributed by atoms with Gasteiger partial charge in [-0.15, -0.1) is 0 Å². The van der Waals surface area contributed by atoms with Gasteiger partial charge in [0.05, 0.1) is 10.7 Å². The fraction of sp³-hybridized carbons (Fsp3) is 0.600. The molecule has 1 heterocycles. The van der Waals surface area contributed by atoms with Crippen molar-refractivity contribution in [3.8, 4) is 0 Å². The largest absolute Gasteiger partial charge is 0.365 e. The molecule has 1 aromatic rings. The fourth-order valence-electron chi connectivity index (χ4n) is 2.65. The zero-order valence-corrected chi connectivity index (χ0v) is 12.3. The Morgan fingerprint density at radius 3 is 2.94 bits per heavy atom. The average Bonchev–Trinajstić information content (AvgIpc) is 2.35. The average molecular weight is 267 g/mol. The first-order valence-corrected chi connectivity index (χ1v) is 7.25. The molecule has 18 heavy (non-hydrogen) atoms. The van der Waals surface area contributed by atoms with E-state index in [1.165, 1.54) is 24.1 Å². The van der Waals surface area contributed by atoms with Gasteiger partial charge in [0.2, 0.25) is 0 Å². The Hall–Kier alpha value is -0.730. The Bertz CT molecular complexity index is 405. The van der Waals surface area contributed by atoms with Gasteiger partial charge in [-0.3, -0.25) is 0 Å². The lowest BCUT2D eigenvalue weighted by molar-refractivity contribution is 0.386. The molecule has 1 aliphatic rings. The number of benzene rings is 1. The zero-order chi connectivity index (χ0) is 13.1. The van der Waals surface area contributed by atoms with E-state index in [0.717, 1.165) is 18.1 Å². The molecule has 0 spiro atoms. The summed E-state index contributed by atoms with van der Waals surface area (Å²) in [4.78, 5) is 2.45. The van der Waals surface area contributed by atoms with Gasteiger partial charge in [-0.25, -0.2) is 0 Å². The summed E-state index contributed by atoms with van der Waals surface area (Å²) in [6, 6.07) is 7.37. The van der Waals surface area contributed by atoms with Crippen LogP contribution < -0.4 is 10.2 Å². The molecule has 3 heteroatoms. The van der Waals surface area contributed by atoms with E-state index in [1.54, 1.807) is 0 Å². The van der Waals surface area contributed by atoms with Crippen LogP contribution in [-0.4, -0.2) is 25.2 Å². The molecule has 0 aliphatic carbocycles. The van der Waals surface area contributed by atoms with Crippen molar-refractivity contribution in [1.29, 1.82) is 0 Å². The second-order valence-electron chi connectivity index (χ2n) is 5.35. The molecule has 1 aromatic carbocycles. The highest BCUT2D eigenvalue weighted by Crippen LogP contribution is 2.30. The lowest BCUT2D eigenvalue weighted by Gasteiger charge is -2.41. The van der Waals surface area contributed by atoms with Crippen LogP contribution in [0.2, 0.25) is 5.02 Å². The van der Waals surface area contributed by atoms with E-state index < -0.39 is 0 Å². The highest BCUT2D eigenvalue weighted by atomic mass is 35.5. The van der Waals surface area contributed by atoms with Crippen LogP contribution in [0, 0.1) is 6.92 Å². The summed E-state index contributed by atoms with van der Waals surface area (Å²) in [5.41, 5.74) is 2.46. The summed E-state index contributed by atoms with van der Waals surface area (Å²) >= 11 is 6.36. The van der Waals surface area contributed by atoms with Crippen LogP contribution >= 0.6 is 11.6 Å². The Balaban J connectivity index is 2.21. The molecule has 2 rings (SSSR count). The number of hydrogen-bond donors (Lipinski definition) is 1. The predicted molar refractivity (Wildman–Crippen MR) is 79.7 cm³/mol. The smallest absolute Gasteiger partial charge is 0.0639 e. The lowest BCUT2D eigenvalue weighted by Crippen LogP contribution is -2.55. The van der Waals surface area contributed by atoms with Crippen molar-refractivity contribution in [2.45, 2.75) is 45.7 Å². The Kier molecular flexibility index (Phi) is 4.52. The minimum absolute atomic E-state index is 0.498. The molecule has 100 valence electrons. The third-order valence-corrected chi connectivity index (χ3v) is 4.02. The number of hydrogen-bond acceptors (Lipinski definition) is 2. The summed E-state index contributed by atoms with van der Waals surface area (Å²) in [6.07, 6.45) is 2.45. The summed E-state index contributed by atoms with van der Waals surface area (Å²) in [6.45, 7) is 8.71. The van der Waals surface area contributed by atoms with Crippen molar-refractivity contribution < 1.29 is 0 Å². The van der Waals surface area contributed by atoms with Gasteiger partial charge in [0.1, 0.15) is 0 Å². The van der Waals surface area contributed by atoms with E-state index in [0.29, 0.717) is 12.1 Å². The topological polar surface area (TPSA) is 15.3 Å². The molecule has 1 saturated heterocycles. The van der Waals surface area contributed by atoms with Gasteiger partial charge in [0, 0.05) is 25.2 Å². The van der Waals surface area contributed by atoms with E-state index in [2.05, 4.69) is 43.1 Å². The molecule has 0 aromatic heterocycles. The molecular weight excluding hydrogens is 244 g/mol. The number of piperazine rings is 1. The second kappa shape index (κ2) is 5.94. The first-order valence-electron chi connectivity index (χ1n) is 6.88. The van der Waals surface area contributed by atoms with Gasteiger partial charge in [-0.2, -0.15) is 0 Å². The van der Waals surface area contributed by atoms with Crippen LogP contribution in [0.4, 0.5) is 5.69 Å². The predicted octanol–water partition coefficient (Wildman–Crippen LogP) is 3.62. The molecule has 0 bridgehead atoms. The monoisotopic (exact) mass is 266 g/mol. The Labute approximate surface area is 115 Å². The summed E-state index contributed by atoms with van der Waals surface area (Å²) < 4.78 is 0. The van der Waals surface area contributed by atoms with Crippen molar-refractivity contribution in [2.24, 2.45) is 0 Å². The van der Waals surface area contributed by atoms with Crippen molar-refractivity contribution in [3.63, 3.8) is 0 Å². The first kappa shape index (κ1) is 13.7. The maximum Gasteiger partial charge on any atom is 0.0639 e. The third kappa shape index (κ3) is 2.99. The molecule has 1 aliphatic heterocycles. The fourth-order valence-corrected chi connectivity index (χ4v) is 2.88. The summed E-state index contributed by atoms with van der Waals surface area (Å²) in [7, 11) is 0. The van der Waals surface area contributed by atoms with Crippen LogP contribution in [0.1, 0.15) is 32.3 Å². The van der Waals surface area contributed by atoms with E-state index in [9.17, 15) is 0 Å². The summed E-state index contributed by atoms with van der Waals surface area (Å²) in [5, 5.41) is 4.48. The maximum atomic E-state index is 6.36. The number of nitrogens with one attached hydrogen (secondary N) is 1. The van der Waals surface area contributed by atoms with Gasteiger partial charge >= 0.3 is 0 Å². The van der Waals surface area contributed by atoms with Crippen molar-refractivity contribution in [2.75, 3.05) is 18.0 Å². The third-order valence-electron chi connectivity index (χ3n) is 3.70. The van der Waals surface area contributed by atoms with E-state index >= 15 is 0 Å². The molecule has 1 fully saturated rings. The van der Waals surface area contributed by atoms with Crippen LogP contribution in [-0.2, 0) is 0 Å². The van der Waals surface area contributed by atoms with Gasteiger partial charge in [-0.1, -0.05) is 31.0 Å². The molecule has 0 amide bonds. The van der Waals surface area contributed by atoms with Crippen molar-refractivity contribution >= 4 is 17.3 Å². The highest BCUT2D eigenvalue weighted by Gasteiger charge is 2.25. The molecule has 2 atom stereocenters. The first-order chi connectivity index (χ1) is 8.61. The van der Waals surface area contributed by atoms with Gasteiger partial charge < -0.3 is 10.2 Å². The van der Waals surface area contributed by atoms with Gasteiger partial charge in [-0.05, 0) is 38.0 Å². The molecule has 2 nitrogen and oxygen atoms in total. The van der Waals surface area contributed by atoms with Crippen LogP contribution in [0.25, 0.3) is 0 Å². The minimum atomic E-state index is 0.498. The summed E-state index contributed by atoms with van der Waals surface area (Å²) in [5.74, 6) is 0. The quantitative estimate of drug-likeness (QED) is 0.899. The molecule has 1 N–H and O–H groups in total. The van der Waals surface area contributed by atoms with Crippen molar-refractivity contribution in [1.82, 2.24) is 5.32 Å². The standard InChI is InChI=1S/C15H23ClN2/c1-4-5-13-10-18(12(3)9-17-13)15-8-11(2)6-7-14(15)16/h6-8,12-13,17H,4-5,9-10H2,1-3H3. The minimum Gasteiger partial charge on any atom is -0.365 e. The van der Waals surface area contributed by atoms with Crippen molar-refractivity contribution in [3.05, 3.63) is 28.8 Å². The Morgan fingerprint density at radius 1 is 1.44 bits per heavy atom. The lowest BCUT2D eigenvalue weighted by atomic mass is 10.0. The number of nitrogens with zero attached hydrogens (tertiary/aromatic N) is 1. The zero-order valence-electron chi connectivity index (χ0n) is 11.5. The highest BCUT2D eigenvalue weighted by molar-refractivity contribution is 6.33. The molecule has 0 radical (unpaired) electrons. The number of anilines is 1. The SMILES string of the molecule is CCCC1CN(c2cc(C)ccc2Cl)C(C)CN1. The molecule has 0 saturated carbocycles. The van der Waals surface area contributed by atoms with Crippen LogP contribution in [0.3, 0.4) is 0 Å². The number of rotatable bonds is 3. The van der Waals surface area contributed by atoms with Crippen LogP contribution in [0.15, 0.2) is 18.2 Å². The number of aryl methyl sites for hydroxylation is 1. The second-order valence-corrected chi connectivity index (χ2v) is 5.76. The number of halogens is 1. The van der Waals surface area contributed by atoms with Gasteiger partial charge in [0.15, 0.2) is 0 Å². The van der Waals surface area contributed by atoms with Crippen LogP contribution in [0.5, 0.6) is 0 Å². The van der Waals surface area contributed by atoms with E-state index in [1.807, 2.05) is 6.07 Å². The molecular formula is C15H23ClN2. The Morgan fingerprint density at radius 2 is 2.22 bits per heavy atom. The maximum absolute atomic E-state index is 6.36.